The summed E-state index contributed by atoms with van der Waals surface area (Å²) in [4.78, 5) is 0. The van der Waals surface area contributed by atoms with Gasteiger partial charge in [0.2, 0.25) is 0 Å². The molecular weight excluding hydrogens is 279 g/mol. The molecule has 0 aliphatic rings. The molecule has 1 rings (SSSR count). The van der Waals surface area contributed by atoms with E-state index in [-0.39, 0.29) is 18.3 Å². The zero-order valence-electron chi connectivity index (χ0n) is 10.7. The highest BCUT2D eigenvalue weighted by atomic mass is 32.2. The molecule has 0 aliphatic carbocycles. The first kappa shape index (κ1) is 16.0. The van der Waals surface area contributed by atoms with Gasteiger partial charge in [0.1, 0.15) is 5.75 Å². The molecule has 7 heteroatoms. The Balaban J connectivity index is 2.65. The molecule has 108 valence electrons. The van der Waals surface area contributed by atoms with Crippen LogP contribution in [0.1, 0.15) is 12.5 Å². The number of rotatable bonds is 6. The van der Waals surface area contributed by atoms with E-state index in [9.17, 15) is 17.4 Å². The van der Waals surface area contributed by atoms with Crippen molar-refractivity contribution in [3.63, 3.8) is 0 Å². The summed E-state index contributed by atoms with van der Waals surface area (Å²) in [7, 11) is -0.949. The first-order valence-electron chi connectivity index (χ1n) is 5.65. The Morgan fingerprint density at radius 1 is 1.37 bits per heavy atom. The predicted molar refractivity (Wildman–Crippen MR) is 68.4 cm³/mol. The van der Waals surface area contributed by atoms with E-state index in [1.807, 2.05) is 6.92 Å². The van der Waals surface area contributed by atoms with Crippen LogP contribution in [0.5, 0.6) is 5.75 Å². The Kier molecular flexibility index (Phi) is 5.81. The van der Waals surface area contributed by atoms with E-state index >= 15 is 0 Å². The maximum atomic E-state index is 12.2. The van der Waals surface area contributed by atoms with Crippen molar-refractivity contribution >= 4 is 10.8 Å². The van der Waals surface area contributed by atoms with Gasteiger partial charge in [0.15, 0.2) is 0 Å². The Bertz CT molecular complexity index is 437. The van der Waals surface area contributed by atoms with Gasteiger partial charge in [0.25, 0.3) is 0 Å². The van der Waals surface area contributed by atoms with Gasteiger partial charge in [-0.05, 0) is 13.0 Å². The van der Waals surface area contributed by atoms with Crippen LogP contribution in [0.25, 0.3) is 0 Å². The maximum Gasteiger partial charge on any atom is 0.573 e. The SMILES string of the molecule is CC(CS(C)=O)NCc1ccccc1OC(F)(F)F. The molecule has 1 aromatic rings. The fourth-order valence-electron chi connectivity index (χ4n) is 1.57. The molecule has 0 aliphatic heterocycles. The van der Waals surface area contributed by atoms with Crippen LogP contribution in [0.15, 0.2) is 24.3 Å². The Hall–Kier alpha value is -1.08. The number of para-hydroxylation sites is 1. The largest absolute Gasteiger partial charge is 0.573 e. The van der Waals surface area contributed by atoms with Gasteiger partial charge in [-0.3, -0.25) is 4.21 Å². The summed E-state index contributed by atoms with van der Waals surface area (Å²) < 4.78 is 51.6. The lowest BCUT2D eigenvalue weighted by Gasteiger charge is -2.16. The van der Waals surface area contributed by atoms with Crippen molar-refractivity contribution in [2.75, 3.05) is 12.0 Å². The van der Waals surface area contributed by atoms with Gasteiger partial charge in [0.05, 0.1) is 0 Å². The van der Waals surface area contributed by atoms with Gasteiger partial charge in [-0.1, -0.05) is 18.2 Å². The Morgan fingerprint density at radius 3 is 2.58 bits per heavy atom. The maximum absolute atomic E-state index is 12.2. The minimum absolute atomic E-state index is 0.0511. The van der Waals surface area contributed by atoms with Gasteiger partial charge in [0, 0.05) is 41.0 Å². The third-order valence-electron chi connectivity index (χ3n) is 2.32. The van der Waals surface area contributed by atoms with Gasteiger partial charge >= 0.3 is 6.36 Å². The van der Waals surface area contributed by atoms with Crippen LogP contribution in [0.4, 0.5) is 13.2 Å². The number of hydrogen-bond donors (Lipinski definition) is 1. The average Bonchev–Trinajstić information content (AvgIpc) is 2.25. The lowest BCUT2D eigenvalue weighted by Crippen LogP contribution is -2.30. The zero-order chi connectivity index (χ0) is 14.5. The minimum Gasteiger partial charge on any atom is -0.405 e. The predicted octanol–water partition coefficient (Wildman–Crippen LogP) is 2.44. The molecular formula is C12H16F3NO2S. The summed E-state index contributed by atoms with van der Waals surface area (Å²) in [5, 5.41) is 3.02. The molecule has 0 bridgehead atoms. The first-order chi connectivity index (χ1) is 8.78. The Morgan fingerprint density at radius 2 is 2.00 bits per heavy atom. The van der Waals surface area contributed by atoms with Crippen LogP contribution in [0.3, 0.4) is 0 Å². The van der Waals surface area contributed by atoms with E-state index in [2.05, 4.69) is 10.1 Å². The summed E-state index contributed by atoms with van der Waals surface area (Å²) in [6, 6.07) is 5.90. The fraction of sp³-hybridized carbons (Fsp3) is 0.500. The van der Waals surface area contributed by atoms with Crippen molar-refractivity contribution in [3.05, 3.63) is 29.8 Å². The van der Waals surface area contributed by atoms with E-state index in [4.69, 9.17) is 0 Å². The van der Waals surface area contributed by atoms with E-state index in [0.717, 1.165) is 0 Å². The standard InChI is InChI=1S/C12H16F3NO2S/c1-9(8-19(2)17)16-7-10-5-3-4-6-11(10)18-12(13,14)15/h3-6,9,16H,7-8H2,1-2H3. The number of alkyl halides is 3. The molecule has 3 nitrogen and oxygen atoms in total. The fourth-order valence-corrected chi connectivity index (χ4v) is 2.39. The second kappa shape index (κ2) is 6.91. The van der Waals surface area contributed by atoms with Crippen LogP contribution in [0, 0.1) is 0 Å². The number of hydrogen-bond acceptors (Lipinski definition) is 3. The molecule has 0 spiro atoms. The second-order valence-electron chi connectivity index (χ2n) is 4.18. The van der Waals surface area contributed by atoms with E-state index < -0.39 is 17.2 Å². The normalized spacial score (nSPS) is 15.0. The van der Waals surface area contributed by atoms with Crippen LogP contribution < -0.4 is 10.1 Å². The second-order valence-corrected chi connectivity index (χ2v) is 5.66. The van der Waals surface area contributed by atoms with E-state index in [0.29, 0.717) is 11.3 Å². The van der Waals surface area contributed by atoms with Crippen molar-refractivity contribution in [1.29, 1.82) is 0 Å². The topological polar surface area (TPSA) is 38.3 Å². The number of nitrogens with one attached hydrogen (secondary N) is 1. The van der Waals surface area contributed by atoms with Crippen LogP contribution in [-0.4, -0.2) is 28.6 Å². The smallest absolute Gasteiger partial charge is 0.405 e. The number of ether oxygens (including phenoxy) is 1. The van der Waals surface area contributed by atoms with Crippen LogP contribution in [-0.2, 0) is 17.3 Å². The lowest BCUT2D eigenvalue weighted by atomic mass is 10.2. The van der Waals surface area contributed by atoms with Crippen molar-refractivity contribution in [2.24, 2.45) is 0 Å². The molecule has 2 atom stereocenters. The highest BCUT2D eigenvalue weighted by Crippen LogP contribution is 2.26. The zero-order valence-corrected chi connectivity index (χ0v) is 11.5. The summed E-state index contributed by atoms with van der Waals surface area (Å²) in [5.41, 5.74) is 0.411. The van der Waals surface area contributed by atoms with Crippen molar-refractivity contribution < 1.29 is 22.1 Å². The molecule has 19 heavy (non-hydrogen) atoms. The third-order valence-corrected chi connectivity index (χ3v) is 3.29. The molecule has 2 unspecified atom stereocenters. The van der Waals surface area contributed by atoms with Gasteiger partial charge in [-0.25, -0.2) is 0 Å². The number of benzene rings is 1. The summed E-state index contributed by atoms with van der Waals surface area (Å²) in [6.07, 6.45) is -3.12. The van der Waals surface area contributed by atoms with E-state index in [1.165, 1.54) is 12.1 Å². The minimum atomic E-state index is -4.70. The van der Waals surface area contributed by atoms with Crippen molar-refractivity contribution in [3.8, 4) is 5.75 Å². The molecule has 0 radical (unpaired) electrons. The highest BCUT2D eigenvalue weighted by Gasteiger charge is 2.31. The highest BCUT2D eigenvalue weighted by molar-refractivity contribution is 7.84. The average molecular weight is 295 g/mol. The molecule has 0 amide bonds. The lowest BCUT2D eigenvalue weighted by molar-refractivity contribution is -0.274. The van der Waals surface area contributed by atoms with Crippen molar-refractivity contribution in [1.82, 2.24) is 5.32 Å². The summed E-state index contributed by atoms with van der Waals surface area (Å²) in [6.45, 7) is 2.05. The monoisotopic (exact) mass is 295 g/mol. The summed E-state index contributed by atoms with van der Waals surface area (Å²) in [5.74, 6) is 0.231. The van der Waals surface area contributed by atoms with Gasteiger partial charge < -0.3 is 10.1 Å². The third kappa shape index (κ3) is 6.58. The molecule has 0 heterocycles. The van der Waals surface area contributed by atoms with E-state index in [1.54, 1.807) is 18.4 Å². The van der Waals surface area contributed by atoms with Crippen molar-refractivity contribution in [2.45, 2.75) is 25.9 Å². The van der Waals surface area contributed by atoms with Gasteiger partial charge in [-0.2, -0.15) is 0 Å². The first-order valence-corrected chi connectivity index (χ1v) is 7.37. The molecule has 0 fully saturated rings. The quantitative estimate of drug-likeness (QED) is 0.876. The molecule has 0 saturated heterocycles. The van der Waals surface area contributed by atoms with Crippen LogP contribution >= 0.6 is 0 Å². The van der Waals surface area contributed by atoms with Crippen LogP contribution in [0.2, 0.25) is 0 Å². The molecule has 0 saturated carbocycles. The number of halogens is 3. The van der Waals surface area contributed by atoms with Gasteiger partial charge in [-0.15, -0.1) is 13.2 Å². The molecule has 1 aromatic carbocycles. The summed E-state index contributed by atoms with van der Waals surface area (Å²) >= 11 is 0. The molecule has 0 aromatic heterocycles. The Labute approximate surface area is 112 Å². The molecule has 1 N–H and O–H groups in total.